The molecular formula is C15H20N2O3. The van der Waals surface area contributed by atoms with E-state index in [1.165, 1.54) is 0 Å². The molecule has 5 nitrogen and oxygen atoms in total. The van der Waals surface area contributed by atoms with Crippen molar-refractivity contribution in [2.24, 2.45) is 11.7 Å². The molecule has 1 fully saturated rings. The van der Waals surface area contributed by atoms with Gasteiger partial charge >= 0.3 is 0 Å². The van der Waals surface area contributed by atoms with Gasteiger partial charge in [0.05, 0.1) is 18.9 Å². The maximum absolute atomic E-state index is 12.3. The third-order valence-electron chi connectivity index (χ3n) is 3.81. The van der Waals surface area contributed by atoms with Crippen LogP contribution in [0.4, 0.5) is 0 Å². The van der Waals surface area contributed by atoms with Crippen LogP contribution in [-0.4, -0.2) is 34.9 Å². The summed E-state index contributed by atoms with van der Waals surface area (Å²) in [7, 11) is 0. The molecule has 2 rings (SSSR count). The largest absolute Gasteiger partial charge is 0.392 e. The third kappa shape index (κ3) is 3.36. The first kappa shape index (κ1) is 14.5. The SMILES string of the molecule is NC(=O)[C@H]1CCCN(C(=O)Cc2ccccc2CO)C1. The molecular weight excluding hydrogens is 256 g/mol. The number of benzene rings is 1. The van der Waals surface area contributed by atoms with Crippen LogP contribution >= 0.6 is 0 Å². The molecule has 3 N–H and O–H groups in total. The number of hydrogen-bond donors (Lipinski definition) is 2. The van der Waals surface area contributed by atoms with Crippen molar-refractivity contribution in [3.63, 3.8) is 0 Å². The normalized spacial score (nSPS) is 18.9. The van der Waals surface area contributed by atoms with E-state index >= 15 is 0 Å². The number of piperidine rings is 1. The van der Waals surface area contributed by atoms with E-state index in [1.54, 1.807) is 4.90 Å². The second-order valence-electron chi connectivity index (χ2n) is 5.18. The minimum absolute atomic E-state index is 0.0168. The van der Waals surface area contributed by atoms with Gasteiger partial charge in [-0.3, -0.25) is 9.59 Å². The molecule has 1 atom stereocenters. The lowest BCUT2D eigenvalue weighted by Crippen LogP contribution is -2.44. The van der Waals surface area contributed by atoms with Gasteiger partial charge in [0.25, 0.3) is 0 Å². The van der Waals surface area contributed by atoms with E-state index < -0.39 is 0 Å². The molecule has 1 saturated heterocycles. The Hall–Kier alpha value is -1.88. The van der Waals surface area contributed by atoms with Crippen LogP contribution in [0, 0.1) is 5.92 Å². The summed E-state index contributed by atoms with van der Waals surface area (Å²) < 4.78 is 0. The number of aliphatic hydroxyl groups excluding tert-OH is 1. The van der Waals surface area contributed by atoms with Gasteiger partial charge in [-0.25, -0.2) is 0 Å². The molecule has 0 radical (unpaired) electrons. The standard InChI is InChI=1S/C15H20N2O3/c16-15(20)12-6-3-7-17(9-12)14(19)8-11-4-1-2-5-13(11)10-18/h1-2,4-5,12,18H,3,6-10H2,(H2,16,20)/t12-/m0/s1. The van der Waals surface area contributed by atoms with Crippen LogP contribution in [0.3, 0.4) is 0 Å². The summed E-state index contributed by atoms with van der Waals surface area (Å²) in [4.78, 5) is 25.2. The minimum atomic E-state index is -0.335. The summed E-state index contributed by atoms with van der Waals surface area (Å²) in [6, 6.07) is 7.34. The van der Waals surface area contributed by atoms with E-state index in [9.17, 15) is 14.7 Å². The topological polar surface area (TPSA) is 83.6 Å². The summed E-state index contributed by atoms with van der Waals surface area (Å²) in [5.74, 6) is -0.587. The van der Waals surface area contributed by atoms with Gasteiger partial charge in [0.1, 0.15) is 0 Å². The fourth-order valence-electron chi connectivity index (χ4n) is 2.59. The van der Waals surface area contributed by atoms with E-state index in [-0.39, 0.29) is 30.8 Å². The van der Waals surface area contributed by atoms with Crippen molar-refractivity contribution in [1.29, 1.82) is 0 Å². The van der Waals surface area contributed by atoms with Crippen LogP contribution in [0.5, 0.6) is 0 Å². The number of nitrogens with zero attached hydrogens (tertiary/aromatic N) is 1. The van der Waals surface area contributed by atoms with E-state index in [0.717, 1.165) is 24.0 Å². The van der Waals surface area contributed by atoms with E-state index in [2.05, 4.69) is 0 Å². The first-order valence-electron chi connectivity index (χ1n) is 6.86. The number of likely N-dealkylation sites (tertiary alicyclic amines) is 1. The Bertz CT molecular complexity index is 502. The highest BCUT2D eigenvalue weighted by molar-refractivity contribution is 5.81. The molecule has 1 aliphatic rings. The van der Waals surface area contributed by atoms with Crippen molar-refractivity contribution in [2.75, 3.05) is 13.1 Å². The average molecular weight is 276 g/mol. The molecule has 0 saturated carbocycles. The molecule has 1 aromatic carbocycles. The van der Waals surface area contributed by atoms with E-state index in [4.69, 9.17) is 5.73 Å². The highest BCUT2D eigenvalue weighted by atomic mass is 16.3. The molecule has 1 aliphatic heterocycles. The number of nitrogens with two attached hydrogens (primary N) is 1. The monoisotopic (exact) mass is 276 g/mol. The Morgan fingerprint density at radius 3 is 2.65 bits per heavy atom. The molecule has 0 bridgehead atoms. The molecule has 0 aromatic heterocycles. The van der Waals surface area contributed by atoms with Gasteiger partial charge in [-0.1, -0.05) is 24.3 Å². The number of carbonyl (C=O) groups excluding carboxylic acids is 2. The highest BCUT2D eigenvalue weighted by Crippen LogP contribution is 2.18. The zero-order valence-corrected chi connectivity index (χ0v) is 11.4. The van der Waals surface area contributed by atoms with Gasteiger partial charge in [0.2, 0.25) is 11.8 Å². The molecule has 20 heavy (non-hydrogen) atoms. The van der Waals surface area contributed by atoms with Crippen molar-refractivity contribution in [2.45, 2.75) is 25.9 Å². The van der Waals surface area contributed by atoms with Gasteiger partial charge in [-0.05, 0) is 24.0 Å². The van der Waals surface area contributed by atoms with Gasteiger partial charge in [0, 0.05) is 13.1 Å². The van der Waals surface area contributed by atoms with Crippen LogP contribution in [-0.2, 0) is 22.6 Å². The number of rotatable bonds is 4. The lowest BCUT2D eigenvalue weighted by Gasteiger charge is -2.31. The first-order valence-corrected chi connectivity index (χ1v) is 6.86. The van der Waals surface area contributed by atoms with Crippen molar-refractivity contribution in [3.8, 4) is 0 Å². The smallest absolute Gasteiger partial charge is 0.227 e. The van der Waals surface area contributed by atoms with Crippen LogP contribution < -0.4 is 5.73 Å². The Morgan fingerprint density at radius 1 is 1.30 bits per heavy atom. The van der Waals surface area contributed by atoms with Gasteiger partial charge in [-0.2, -0.15) is 0 Å². The zero-order chi connectivity index (χ0) is 14.5. The average Bonchev–Trinajstić information content (AvgIpc) is 2.48. The third-order valence-corrected chi connectivity index (χ3v) is 3.81. The molecule has 5 heteroatoms. The zero-order valence-electron chi connectivity index (χ0n) is 11.4. The predicted molar refractivity (Wildman–Crippen MR) is 74.6 cm³/mol. The quantitative estimate of drug-likeness (QED) is 0.837. The van der Waals surface area contributed by atoms with Crippen molar-refractivity contribution in [1.82, 2.24) is 4.90 Å². The van der Waals surface area contributed by atoms with Crippen LogP contribution in [0.25, 0.3) is 0 Å². The molecule has 1 aromatic rings. The molecule has 108 valence electrons. The van der Waals surface area contributed by atoms with Crippen LogP contribution in [0.2, 0.25) is 0 Å². The Labute approximate surface area is 118 Å². The molecule has 2 amide bonds. The van der Waals surface area contributed by atoms with Crippen molar-refractivity contribution < 1.29 is 14.7 Å². The van der Waals surface area contributed by atoms with Gasteiger partial charge in [0.15, 0.2) is 0 Å². The van der Waals surface area contributed by atoms with Gasteiger partial charge in [-0.15, -0.1) is 0 Å². The molecule has 1 heterocycles. The number of primary amides is 1. The second kappa shape index (κ2) is 6.52. The first-order chi connectivity index (χ1) is 9.61. The van der Waals surface area contributed by atoms with Crippen LogP contribution in [0.1, 0.15) is 24.0 Å². The summed E-state index contributed by atoms with van der Waals surface area (Å²) in [6.07, 6.45) is 1.82. The minimum Gasteiger partial charge on any atom is -0.392 e. The maximum atomic E-state index is 12.3. The Balaban J connectivity index is 2.02. The lowest BCUT2D eigenvalue weighted by molar-refractivity contribution is -0.134. The molecule has 0 spiro atoms. The second-order valence-corrected chi connectivity index (χ2v) is 5.18. The van der Waals surface area contributed by atoms with E-state index in [0.29, 0.717) is 13.1 Å². The molecule has 0 aliphatic carbocycles. The predicted octanol–water partition coefficient (Wildman–Crippen LogP) is 0.445. The van der Waals surface area contributed by atoms with Gasteiger partial charge < -0.3 is 15.7 Å². The molecule has 0 unspecified atom stereocenters. The Kier molecular flexibility index (Phi) is 4.74. The number of carbonyl (C=O) groups is 2. The summed E-state index contributed by atoms with van der Waals surface area (Å²) in [6.45, 7) is 1.01. The van der Waals surface area contributed by atoms with E-state index in [1.807, 2.05) is 24.3 Å². The van der Waals surface area contributed by atoms with Crippen molar-refractivity contribution >= 4 is 11.8 Å². The number of amides is 2. The summed E-state index contributed by atoms with van der Waals surface area (Å²) in [5, 5.41) is 9.27. The fourth-order valence-corrected chi connectivity index (χ4v) is 2.59. The lowest BCUT2D eigenvalue weighted by atomic mass is 9.96. The van der Waals surface area contributed by atoms with Crippen LogP contribution in [0.15, 0.2) is 24.3 Å². The van der Waals surface area contributed by atoms with Crippen molar-refractivity contribution in [3.05, 3.63) is 35.4 Å². The maximum Gasteiger partial charge on any atom is 0.227 e. The Morgan fingerprint density at radius 2 is 2.00 bits per heavy atom. The number of hydrogen-bond acceptors (Lipinski definition) is 3. The summed E-state index contributed by atoms with van der Waals surface area (Å²) in [5.41, 5.74) is 6.92. The highest BCUT2D eigenvalue weighted by Gasteiger charge is 2.27. The summed E-state index contributed by atoms with van der Waals surface area (Å²) >= 11 is 0. The number of aliphatic hydroxyl groups is 1. The fraction of sp³-hybridized carbons (Fsp3) is 0.467.